The number of amides is 1. The summed E-state index contributed by atoms with van der Waals surface area (Å²) in [6.45, 7) is 19.0. The zero-order valence-electron chi connectivity index (χ0n) is 42.8. The highest BCUT2D eigenvalue weighted by Gasteiger charge is 2.51. The number of ketones is 3. The van der Waals surface area contributed by atoms with Gasteiger partial charge in [-0.25, -0.2) is 9.48 Å². The Bertz CT molecular complexity index is 2000. The number of tetrazole rings is 1. The first-order valence-electron chi connectivity index (χ1n) is 25.0. The van der Waals surface area contributed by atoms with Crippen molar-refractivity contribution in [1.82, 2.24) is 25.1 Å². The summed E-state index contributed by atoms with van der Waals surface area (Å²) in [5.74, 6) is -7.22. The van der Waals surface area contributed by atoms with E-state index in [-0.39, 0.29) is 67.5 Å². The molecule has 1 aromatic heterocycles. The van der Waals surface area contributed by atoms with Crippen LogP contribution in [0.15, 0.2) is 66.6 Å². The Hall–Kier alpha value is -4.48. The first kappa shape index (κ1) is 57.1. The molecule has 384 valence electrons. The summed E-state index contributed by atoms with van der Waals surface area (Å²) in [6, 6.07) is -1.15. The molecule has 14 atom stereocenters. The van der Waals surface area contributed by atoms with E-state index >= 15 is 0 Å². The summed E-state index contributed by atoms with van der Waals surface area (Å²) in [5, 5.41) is 34.4. The minimum absolute atomic E-state index is 0.0469. The van der Waals surface area contributed by atoms with Gasteiger partial charge in [0.1, 0.15) is 36.5 Å². The van der Waals surface area contributed by atoms with Crippen LogP contribution in [0.2, 0.25) is 0 Å². The van der Waals surface area contributed by atoms with Gasteiger partial charge >= 0.3 is 5.97 Å². The molecule has 3 heterocycles. The maximum Gasteiger partial charge on any atom is 0.329 e. The van der Waals surface area contributed by atoms with Gasteiger partial charge in [0, 0.05) is 44.9 Å². The molecule has 0 bridgehead atoms. The molecular weight excluding hydrogens is 883 g/mol. The number of methoxy groups -OCH3 is 2. The molecule has 2 aliphatic heterocycles. The molecule has 4 rings (SSSR count). The van der Waals surface area contributed by atoms with E-state index < -0.39 is 65.6 Å². The number of piperidine rings is 1. The fourth-order valence-electron chi connectivity index (χ4n) is 10.0. The van der Waals surface area contributed by atoms with Crippen molar-refractivity contribution in [2.75, 3.05) is 27.4 Å². The monoisotopic (exact) mass is 964 g/mol. The number of aliphatic hydroxyl groups is 2. The zero-order chi connectivity index (χ0) is 51.0. The number of hydrogen-bond acceptors (Lipinski definition) is 14. The standard InChI is InChI=1S/C53H81N5O11/c1-12-34(3)35(4)20-15-13-14-19-33(2)27-38(7)47(60)49(67-11)48(61)39(8)28-36(5)44(59)31-45(37(6)29-41-23-24-42(46(30-41)66-10)58-32-54-55-56-58)69-52(64)43-22-16-17-25-57(43)51(63)50(62)53(65)40(9)21-18-26-68-53/h12-15,19-20,28,32-34,36-38,40-43,45-46,48-49,61,65H,1,16-18,21-27,29-31H2,2-11H3/b15-13+,19-14+,35-20+,39-28+/t33-,34-,36-,37-,38-,40-,41+,42+,43+,45+,46-,48-,49+,53-/m1/s1. The number of rotatable bonds is 25. The quantitative estimate of drug-likeness (QED) is 0.0434. The van der Waals surface area contributed by atoms with Crippen LogP contribution in [-0.2, 0) is 42.9 Å². The average molecular weight is 964 g/mol. The smallest absolute Gasteiger partial charge is 0.329 e. The Kier molecular flexibility index (Phi) is 22.5. The molecule has 0 aromatic carbocycles. The Morgan fingerprint density at radius 1 is 0.957 bits per heavy atom. The van der Waals surface area contributed by atoms with Crippen molar-refractivity contribution in [1.29, 1.82) is 0 Å². The largest absolute Gasteiger partial charge is 0.460 e. The van der Waals surface area contributed by atoms with Crippen LogP contribution in [0, 0.1) is 41.4 Å². The van der Waals surface area contributed by atoms with Crippen molar-refractivity contribution in [3.05, 3.63) is 66.6 Å². The highest BCUT2D eigenvalue weighted by Crippen LogP contribution is 2.38. The molecule has 3 fully saturated rings. The first-order chi connectivity index (χ1) is 32.8. The summed E-state index contributed by atoms with van der Waals surface area (Å²) in [4.78, 5) is 70.8. The van der Waals surface area contributed by atoms with Crippen molar-refractivity contribution in [2.24, 2.45) is 41.4 Å². The number of carbonyl (C=O) groups excluding carboxylic acids is 5. The van der Waals surface area contributed by atoms with Crippen LogP contribution in [0.5, 0.6) is 0 Å². The van der Waals surface area contributed by atoms with E-state index in [0.717, 1.165) is 12.8 Å². The van der Waals surface area contributed by atoms with Crippen LogP contribution in [0.3, 0.4) is 0 Å². The summed E-state index contributed by atoms with van der Waals surface area (Å²) >= 11 is 0. The lowest BCUT2D eigenvalue weighted by Crippen LogP contribution is -2.59. The van der Waals surface area contributed by atoms with Crippen molar-refractivity contribution in [3.8, 4) is 0 Å². The molecule has 1 aromatic rings. The van der Waals surface area contributed by atoms with Crippen LogP contribution >= 0.6 is 0 Å². The number of allylic oxidation sites excluding steroid dienone is 8. The number of aliphatic hydroxyl groups excluding tert-OH is 1. The molecule has 0 spiro atoms. The highest BCUT2D eigenvalue weighted by molar-refractivity contribution is 6.39. The van der Waals surface area contributed by atoms with Gasteiger partial charge < -0.3 is 34.1 Å². The molecule has 0 unspecified atom stereocenters. The van der Waals surface area contributed by atoms with Crippen molar-refractivity contribution in [2.45, 2.75) is 168 Å². The Morgan fingerprint density at radius 3 is 2.35 bits per heavy atom. The van der Waals surface area contributed by atoms with Crippen LogP contribution < -0.4 is 0 Å². The lowest BCUT2D eigenvalue weighted by atomic mass is 9.77. The maximum absolute atomic E-state index is 14.3. The number of ether oxygens (including phenoxy) is 4. The third kappa shape index (κ3) is 15.5. The summed E-state index contributed by atoms with van der Waals surface area (Å²) in [5.41, 5.74) is 1.59. The van der Waals surface area contributed by atoms with Gasteiger partial charge in [-0.1, -0.05) is 89.6 Å². The number of esters is 1. The lowest BCUT2D eigenvalue weighted by molar-refractivity contribution is -0.241. The Morgan fingerprint density at radius 2 is 1.70 bits per heavy atom. The van der Waals surface area contributed by atoms with Gasteiger partial charge in [-0.2, -0.15) is 0 Å². The third-order valence-corrected chi connectivity index (χ3v) is 14.8. The number of carbonyl (C=O) groups is 5. The molecule has 16 nitrogen and oxygen atoms in total. The van der Waals surface area contributed by atoms with Gasteiger partial charge in [0.15, 0.2) is 5.78 Å². The third-order valence-electron chi connectivity index (χ3n) is 14.8. The topological polar surface area (TPSA) is 210 Å². The SMILES string of the molecule is C=C[C@@H](C)/C(C)=C/C=C/C=C/[C@@H](C)C[C@@H](C)C(=O)[C@H](OC)[C@H](O)/C(C)=C/[C@@H](C)C(=O)C[C@H](OC(=O)[C@@H]1CCCCN1C(=O)C(=O)[C@]1(O)OCCC[C@H]1C)[C@H](C)C[C@@H]1CC[C@H](n2cnnn2)[C@H](OC)C1. The predicted molar refractivity (Wildman–Crippen MR) is 261 cm³/mol. The molecule has 0 radical (unpaired) electrons. The summed E-state index contributed by atoms with van der Waals surface area (Å²) in [7, 11) is 3.04. The number of hydrogen-bond donors (Lipinski definition) is 2. The van der Waals surface area contributed by atoms with E-state index in [0.29, 0.717) is 56.4 Å². The van der Waals surface area contributed by atoms with Gasteiger partial charge in [0.2, 0.25) is 5.79 Å². The molecule has 2 N–H and O–H groups in total. The molecule has 1 saturated carbocycles. The molecule has 3 aliphatic rings. The van der Waals surface area contributed by atoms with E-state index in [1.54, 1.807) is 45.0 Å². The van der Waals surface area contributed by atoms with Gasteiger partial charge in [-0.15, -0.1) is 11.7 Å². The first-order valence-corrected chi connectivity index (χ1v) is 25.0. The molecular formula is C53H81N5O11. The second kappa shape index (κ2) is 27.2. The fraction of sp³-hybridized carbons (Fsp3) is 0.698. The molecule has 2 saturated heterocycles. The van der Waals surface area contributed by atoms with Crippen LogP contribution in [0.4, 0.5) is 0 Å². The second-order valence-corrected chi connectivity index (χ2v) is 20.1. The van der Waals surface area contributed by atoms with E-state index in [4.69, 9.17) is 18.9 Å². The molecule has 16 heteroatoms. The highest BCUT2D eigenvalue weighted by atomic mass is 16.6. The summed E-state index contributed by atoms with van der Waals surface area (Å²) in [6.07, 6.45) is 17.3. The predicted octanol–water partition coefficient (Wildman–Crippen LogP) is 7.08. The number of aromatic nitrogens is 4. The van der Waals surface area contributed by atoms with Gasteiger partial charge in [-0.05, 0) is 118 Å². The number of nitrogens with zero attached hydrogens (tertiary/aromatic N) is 5. The Balaban J connectivity index is 1.49. The normalized spacial score (nSPS) is 27.5. The van der Waals surface area contributed by atoms with Crippen LogP contribution in [0.1, 0.15) is 132 Å². The van der Waals surface area contributed by atoms with Crippen molar-refractivity contribution >= 4 is 29.2 Å². The van der Waals surface area contributed by atoms with E-state index in [9.17, 15) is 34.2 Å². The van der Waals surface area contributed by atoms with Gasteiger partial charge in [0.05, 0.1) is 18.8 Å². The van der Waals surface area contributed by atoms with Crippen LogP contribution in [-0.4, -0.2) is 128 Å². The lowest BCUT2D eigenvalue weighted by Gasteiger charge is -2.40. The van der Waals surface area contributed by atoms with Crippen LogP contribution in [0.25, 0.3) is 0 Å². The van der Waals surface area contributed by atoms with E-state index in [2.05, 4.69) is 36.0 Å². The second-order valence-electron chi connectivity index (χ2n) is 20.1. The molecule has 1 amide bonds. The minimum Gasteiger partial charge on any atom is -0.460 e. The minimum atomic E-state index is -2.28. The number of likely N-dealkylation sites (tertiary alicyclic amines) is 1. The average Bonchev–Trinajstić information content (AvgIpc) is 3.88. The fourth-order valence-corrected chi connectivity index (χ4v) is 10.0. The van der Waals surface area contributed by atoms with E-state index in [1.807, 2.05) is 57.2 Å². The van der Waals surface area contributed by atoms with Crippen molar-refractivity contribution in [3.63, 3.8) is 0 Å². The van der Waals surface area contributed by atoms with E-state index in [1.165, 1.54) is 17.6 Å². The molecule has 69 heavy (non-hydrogen) atoms. The Labute approximate surface area is 410 Å². The zero-order valence-corrected chi connectivity index (χ0v) is 42.8. The van der Waals surface area contributed by atoms with Crippen molar-refractivity contribution < 1.29 is 53.1 Å². The summed E-state index contributed by atoms with van der Waals surface area (Å²) < 4.78 is 25.0. The number of Topliss-reactive ketones (excluding diaryl/α,β-unsaturated/α-hetero) is 3. The maximum atomic E-state index is 14.3. The molecule has 1 aliphatic carbocycles. The van der Waals surface area contributed by atoms with Gasteiger partial charge in [0.25, 0.3) is 11.7 Å². The van der Waals surface area contributed by atoms with Gasteiger partial charge in [-0.3, -0.25) is 19.2 Å².